The lowest BCUT2D eigenvalue weighted by Gasteiger charge is -2.11. The summed E-state index contributed by atoms with van der Waals surface area (Å²) in [6.07, 6.45) is 3.07. The van der Waals surface area contributed by atoms with Gasteiger partial charge in [-0.25, -0.2) is 0 Å². The second kappa shape index (κ2) is 6.80. The maximum absolute atomic E-state index is 11.3. The van der Waals surface area contributed by atoms with Crippen LogP contribution in [0.2, 0.25) is 0 Å². The number of amides is 1. The van der Waals surface area contributed by atoms with Crippen molar-refractivity contribution in [2.75, 3.05) is 26.8 Å². The van der Waals surface area contributed by atoms with E-state index in [1.807, 2.05) is 14.0 Å². The lowest BCUT2D eigenvalue weighted by Crippen LogP contribution is -2.37. The van der Waals surface area contributed by atoms with Gasteiger partial charge in [0.25, 0.3) is 0 Å². The monoisotopic (exact) mass is 214 g/mol. The molecule has 4 heteroatoms. The molecule has 1 fully saturated rings. The van der Waals surface area contributed by atoms with Crippen molar-refractivity contribution in [3.63, 3.8) is 0 Å². The molecular weight excluding hydrogens is 192 g/mol. The number of hydrogen-bond acceptors (Lipinski definition) is 3. The first-order valence-corrected chi connectivity index (χ1v) is 5.74. The maximum atomic E-state index is 11.3. The third kappa shape index (κ3) is 6.47. The lowest BCUT2D eigenvalue weighted by atomic mass is 10.3. The zero-order valence-corrected chi connectivity index (χ0v) is 9.71. The zero-order valence-electron chi connectivity index (χ0n) is 9.71. The standard InChI is InChI=1S/C11H22N2O2/c1-9(12-2)7-13-11(14)5-6-15-8-10-3-4-10/h9-10,12H,3-8H2,1-2H3,(H,13,14). The van der Waals surface area contributed by atoms with Gasteiger partial charge in [0.2, 0.25) is 5.91 Å². The third-order valence-corrected chi connectivity index (χ3v) is 2.62. The predicted molar refractivity (Wildman–Crippen MR) is 59.7 cm³/mol. The average molecular weight is 214 g/mol. The van der Waals surface area contributed by atoms with E-state index in [1.165, 1.54) is 12.8 Å². The second-order valence-electron chi connectivity index (χ2n) is 4.26. The van der Waals surface area contributed by atoms with Crippen LogP contribution in [-0.4, -0.2) is 38.8 Å². The van der Waals surface area contributed by atoms with Crippen molar-refractivity contribution in [1.82, 2.24) is 10.6 Å². The van der Waals surface area contributed by atoms with Crippen LogP contribution in [-0.2, 0) is 9.53 Å². The number of carbonyl (C=O) groups excluding carboxylic acids is 1. The molecule has 15 heavy (non-hydrogen) atoms. The van der Waals surface area contributed by atoms with Crippen LogP contribution >= 0.6 is 0 Å². The molecule has 1 aliphatic carbocycles. The van der Waals surface area contributed by atoms with Gasteiger partial charge in [-0.2, -0.15) is 0 Å². The quantitative estimate of drug-likeness (QED) is 0.579. The molecule has 0 bridgehead atoms. The van der Waals surface area contributed by atoms with Crippen LogP contribution in [0.15, 0.2) is 0 Å². The van der Waals surface area contributed by atoms with Crippen LogP contribution in [0.1, 0.15) is 26.2 Å². The van der Waals surface area contributed by atoms with E-state index in [9.17, 15) is 4.79 Å². The Morgan fingerprint density at radius 2 is 2.27 bits per heavy atom. The van der Waals surface area contributed by atoms with Gasteiger partial charge in [0.1, 0.15) is 0 Å². The SMILES string of the molecule is CNC(C)CNC(=O)CCOCC1CC1. The van der Waals surface area contributed by atoms with E-state index in [2.05, 4.69) is 10.6 Å². The van der Waals surface area contributed by atoms with Gasteiger partial charge < -0.3 is 15.4 Å². The third-order valence-electron chi connectivity index (χ3n) is 2.62. The maximum Gasteiger partial charge on any atom is 0.222 e. The van der Waals surface area contributed by atoms with Crippen molar-refractivity contribution in [3.05, 3.63) is 0 Å². The summed E-state index contributed by atoms with van der Waals surface area (Å²) in [5.74, 6) is 0.852. The van der Waals surface area contributed by atoms with Gasteiger partial charge in [0, 0.05) is 25.6 Å². The summed E-state index contributed by atoms with van der Waals surface area (Å²) in [6, 6.07) is 0.321. The van der Waals surface area contributed by atoms with Gasteiger partial charge in [0.15, 0.2) is 0 Å². The molecule has 1 amide bonds. The Kier molecular flexibility index (Phi) is 5.65. The highest BCUT2D eigenvalue weighted by Gasteiger charge is 2.21. The highest BCUT2D eigenvalue weighted by molar-refractivity contribution is 5.75. The number of hydrogen-bond donors (Lipinski definition) is 2. The summed E-state index contributed by atoms with van der Waals surface area (Å²) < 4.78 is 5.38. The molecule has 1 rings (SSSR count). The van der Waals surface area contributed by atoms with E-state index in [0.29, 0.717) is 25.6 Å². The Balaban J connectivity index is 1.88. The van der Waals surface area contributed by atoms with E-state index < -0.39 is 0 Å². The molecule has 2 N–H and O–H groups in total. The molecule has 1 unspecified atom stereocenters. The Bertz CT molecular complexity index is 193. The zero-order chi connectivity index (χ0) is 11.1. The van der Waals surface area contributed by atoms with Crippen molar-refractivity contribution in [3.8, 4) is 0 Å². The molecule has 0 aliphatic heterocycles. The lowest BCUT2D eigenvalue weighted by molar-refractivity contribution is -0.122. The van der Waals surface area contributed by atoms with Crippen LogP contribution in [0.4, 0.5) is 0 Å². The molecule has 1 atom stereocenters. The molecule has 0 saturated heterocycles. The molecule has 0 aromatic heterocycles. The number of likely N-dealkylation sites (N-methyl/N-ethyl adjacent to an activating group) is 1. The molecule has 88 valence electrons. The Hall–Kier alpha value is -0.610. The van der Waals surface area contributed by atoms with Crippen LogP contribution in [0.25, 0.3) is 0 Å². The molecule has 0 heterocycles. The number of rotatable bonds is 8. The molecule has 1 saturated carbocycles. The summed E-state index contributed by atoms with van der Waals surface area (Å²) in [5.41, 5.74) is 0. The fourth-order valence-corrected chi connectivity index (χ4v) is 1.16. The normalized spacial score (nSPS) is 17.5. The summed E-state index contributed by atoms with van der Waals surface area (Å²) in [5, 5.41) is 5.92. The van der Waals surface area contributed by atoms with Crippen molar-refractivity contribution in [1.29, 1.82) is 0 Å². The van der Waals surface area contributed by atoms with Crippen molar-refractivity contribution in [2.45, 2.75) is 32.2 Å². The van der Waals surface area contributed by atoms with Gasteiger partial charge in [-0.3, -0.25) is 4.79 Å². The fraction of sp³-hybridized carbons (Fsp3) is 0.909. The van der Waals surface area contributed by atoms with Gasteiger partial charge in [-0.1, -0.05) is 0 Å². The summed E-state index contributed by atoms with van der Waals surface area (Å²) in [4.78, 5) is 11.3. The van der Waals surface area contributed by atoms with Gasteiger partial charge in [-0.05, 0) is 32.7 Å². The minimum atomic E-state index is 0.0768. The number of carbonyl (C=O) groups is 1. The summed E-state index contributed by atoms with van der Waals surface area (Å²) in [7, 11) is 1.88. The average Bonchev–Trinajstić information content (AvgIpc) is 3.04. The first-order valence-electron chi connectivity index (χ1n) is 5.74. The minimum Gasteiger partial charge on any atom is -0.381 e. The van der Waals surface area contributed by atoms with Gasteiger partial charge >= 0.3 is 0 Å². The molecule has 0 radical (unpaired) electrons. The van der Waals surface area contributed by atoms with Crippen LogP contribution in [0.3, 0.4) is 0 Å². The topological polar surface area (TPSA) is 50.4 Å². The van der Waals surface area contributed by atoms with Crippen LogP contribution in [0.5, 0.6) is 0 Å². The first kappa shape index (κ1) is 12.5. The Morgan fingerprint density at radius 1 is 1.53 bits per heavy atom. The predicted octanol–water partition coefficient (Wildman–Crippen LogP) is 0.527. The molecule has 1 aliphatic rings. The van der Waals surface area contributed by atoms with Crippen LogP contribution in [0, 0.1) is 5.92 Å². The molecule has 0 aromatic rings. The molecule has 0 aromatic carbocycles. The molecule has 0 spiro atoms. The molecular formula is C11H22N2O2. The summed E-state index contributed by atoms with van der Waals surface area (Å²) >= 11 is 0. The van der Waals surface area contributed by atoms with Crippen molar-refractivity contribution >= 4 is 5.91 Å². The van der Waals surface area contributed by atoms with E-state index in [4.69, 9.17) is 4.74 Å². The number of ether oxygens (including phenoxy) is 1. The van der Waals surface area contributed by atoms with E-state index in [-0.39, 0.29) is 5.91 Å². The Morgan fingerprint density at radius 3 is 2.87 bits per heavy atom. The second-order valence-corrected chi connectivity index (χ2v) is 4.26. The van der Waals surface area contributed by atoms with Gasteiger partial charge in [-0.15, -0.1) is 0 Å². The Labute approximate surface area is 91.8 Å². The number of nitrogens with one attached hydrogen (secondary N) is 2. The smallest absolute Gasteiger partial charge is 0.222 e. The summed E-state index contributed by atoms with van der Waals surface area (Å²) in [6.45, 7) is 4.10. The fourth-order valence-electron chi connectivity index (χ4n) is 1.16. The van der Waals surface area contributed by atoms with E-state index >= 15 is 0 Å². The highest BCUT2D eigenvalue weighted by atomic mass is 16.5. The van der Waals surface area contributed by atoms with E-state index in [0.717, 1.165) is 12.5 Å². The molecule has 4 nitrogen and oxygen atoms in total. The van der Waals surface area contributed by atoms with Crippen molar-refractivity contribution < 1.29 is 9.53 Å². The highest BCUT2D eigenvalue weighted by Crippen LogP contribution is 2.28. The van der Waals surface area contributed by atoms with E-state index in [1.54, 1.807) is 0 Å². The van der Waals surface area contributed by atoms with Crippen LogP contribution < -0.4 is 10.6 Å². The largest absolute Gasteiger partial charge is 0.381 e. The minimum absolute atomic E-state index is 0.0768. The van der Waals surface area contributed by atoms with Crippen molar-refractivity contribution in [2.24, 2.45) is 5.92 Å². The van der Waals surface area contributed by atoms with Gasteiger partial charge in [0.05, 0.1) is 6.61 Å². The first-order chi connectivity index (χ1) is 7.22.